The second kappa shape index (κ2) is 6.68. The molecule has 0 saturated carbocycles. The van der Waals surface area contributed by atoms with Gasteiger partial charge in [0, 0.05) is 19.4 Å². The van der Waals surface area contributed by atoms with Crippen molar-refractivity contribution in [3.63, 3.8) is 0 Å². The lowest BCUT2D eigenvalue weighted by molar-refractivity contribution is -0.126. The molecule has 0 radical (unpaired) electrons. The Morgan fingerprint density at radius 3 is 2.60 bits per heavy atom. The van der Waals surface area contributed by atoms with Crippen LogP contribution >= 0.6 is 0 Å². The van der Waals surface area contributed by atoms with Crippen molar-refractivity contribution in [2.75, 3.05) is 19.5 Å². The maximum atomic E-state index is 12.2. The fourth-order valence-electron chi connectivity index (χ4n) is 1.82. The lowest BCUT2D eigenvalue weighted by Crippen LogP contribution is -2.23. The molecular formula is C15H16N2O3. The monoisotopic (exact) mass is 272 g/mol. The fraction of sp³-hybridized carbons (Fsp3) is 0.200. The number of hydrogen-bond acceptors (Lipinski definition) is 4. The molecule has 1 N–H and O–H groups in total. The number of amides is 1. The van der Waals surface area contributed by atoms with Crippen LogP contribution in [0.25, 0.3) is 0 Å². The number of nitrogens with one attached hydrogen (secondary N) is 1. The Bertz CT molecular complexity index is 572. The zero-order valence-corrected chi connectivity index (χ0v) is 11.4. The Kier molecular flexibility index (Phi) is 4.68. The first kappa shape index (κ1) is 14.0. The van der Waals surface area contributed by atoms with Crippen molar-refractivity contribution in [2.45, 2.75) is 6.10 Å². The van der Waals surface area contributed by atoms with Crippen molar-refractivity contribution >= 4 is 11.7 Å². The molecule has 1 heterocycles. The van der Waals surface area contributed by atoms with Gasteiger partial charge < -0.3 is 14.8 Å². The molecule has 1 aromatic heterocycles. The molecule has 2 rings (SSSR count). The van der Waals surface area contributed by atoms with Crippen molar-refractivity contribution in [3.8, 4) is 5.75 Å². The summed E-state index contributed by atoms with van der Waals surface area (Å²) in [6.45, 7) is 0. The number of rotatable bonds is 5. The van der Waals surface area contributed by atoms with E-state index in [0.717, 1.165) is 5.56 Å². The molecule has 104 valence electrons. The van der Waals surface area contributed by atoms with Crippen molar-refractivity contribution in [1.82, 2.24) is 4.98 Å². The van der Waals surface area contributed by atoms with Gasteiger partial charge >= 0.3 is 0 Å². The summed E-state index contributed by atoms with van der Waals surface area (Å²) in [5.74, 6) is 0.774. The highest BCUT2D eigenvalue weighted by Gasteiger charge is 2.20. The highest BCUT2D eigenvalue weighted by Crippen LogP contribution is 2.19. The summed E-state index contributed by atoms with van der Waals surface area (Å²) in [6.07, 6.45) is 0.892. The van der Waals surface area contributed by atoms with Gasteiger partial charge in [-0.3, -0.25) is 4.79 Å². The number of nitrogens with zero attached hydrogens (tertiary/aromatic N) is 1. The molecular weight excluding hydrogens is 256 g/mol. The molecule has 2 aromatic rings. The summed E-state index contributed by atoms with van der Waals surface area (Å²) in [5.41, 5.74) is 0.787. The lowest BCUT2D eigenvalue weighted by Gasteiger charge is -2.15. The minimum Gasteiger partial charge on any atom is -0.497 e. The topological polar surface area (TPSA) is 60.5 Å². The minimum atomic E-state index is -0.677. The minimum absolute atomic E-state index is 0.278. The summed E-state index contributed by atoms with van der Waals surface area (Å²) < 4.78 is 10.3. The van der Waals surface area contributed by atoms with Gasteiger partial charge in [0.1, 0.15) is 11.6 Å². The first-order valence-electron chi connectivity index (χ1n) is 6.13. The van der Waals surface area contributed by atoms with E-state index in [4.69, 9.17) is 9.47 Å². The van der Waals surface area contributed by atoms with Crippen LogP contribution in [-0.4, -0.2) is 25.1 Å². The highest BCUT2D eigenvalue weighted by molar-refractivity contribution is 5.94. The lowest BCUT2D eigenvalue weighted by atomic mass is 10.1. The Morgan fingerprint density at radius 2 is 1.95 bits per heavy atom. The van der Waals surface area contributed by atoms with E-state index >= 15 is 0 Å². The van der Waals surface area contributed by atoms with Gasteiger partial charge in [0.05, 0.1) is 7.11 Å². The molecule has 1 unspecified atom stereocenters. The summed E-state index contributed by atoms with van der Waals surface area (Å²) in [7, 11) is 3.05. The second-order valence-corrected chi connectivity index (χ2v) is 4.10. The maximum Gasteiger partial charge on any atom is 0.259 e. The number of carbonyl (C=O) groups is 1. The SMILES string of the molecule is COc1ccnc(NC(=O)C(OC)c2ccccc2)c1. The van der Waals surface area contributed by atoms with Gasteiger partial charge in [-0.05, 0) is 11.6 Å². The van der Waals surface area contributed by atoms with Crippen LogP contribution in [0.2, 0.25) is 0 Å². The smallest absolute Gasteiger partial charge is 0.259 e. The fourth-order valence-corrected chi connectivity index (χ4v) is 1.82. The van der Waals surface area contributed by atoms with E-state index in [-0.39, 0.29) is 5.91 Å². The molecule has 5 heteroatoms. The largest absolute Gasteiger partial charge is 0.497 e. The van der Waals surface area contributed by atoms with Crippen molar-refractivity contribution < 1.29 is 14.3 Å². The van der Waals surface area contributed by atoms with Crippen LogP contribution in [0.4, 0.5) is 5.82 Å². The van der Waals surface area contributed by atoms with E-state index in [1.807, 2.05) is 30.3 Å². The molecule has 0 fully saturated rings. The van der Waals surface area contributed by atoms with Gasteiger partial charge in [-0.15, -0.1) is 0 Å². The standard InChI is InChI=1S/C15H16N2O3/c1-19-12-8-9-16-13(10-12)17-15(18)14(20-2)11-6-4-3-5-7-11/h3-10,14H,1-2H3,(H,16,17,18). The Labute approximate surface area is 117 Å². The van der Waals surface area contributed by atoms with Crippen LogP contribution in [-0.2, 0) is 9.53 Å². The van der Waals surface area contributed by atoms with Crippen LogP contribution in [0.15, 0.2) is 48.7 Å². The van der Waals surface area contributed by atoms with Gasteiger partial charge in [-0.2, -0.15) is 0 Å². The Morgan fingerprint density at radius 1 is 1.20 bits per heavy atom. The van der Waals surface area contributed by atoms with E-state index in [1.54, 1.807) is 25.4 Å². The van der Waals surface area contributed by atoms with E-state index in [1.165, 1.54) is 7.11 Å². The number of pyridine rings is 1. The predicted octanol–water partition coefficient (Wildman–Crippen LogP) is 2.42. The molecule has 0 bridgehead atoms. The number of hydrogen-bond donors (Lipinski definition) is 1. The van der Waals surface area contributed by atoms with Crippen molar-refractivity contribution in [1.29, 1.82) is 0 Å². The zero-order chi connectivity index (χ0) is 14.4. The summed E-state index contributed by atoms with van der Waals surface area (Å²) in [5, 5.41) is 2.71. The van der Waals surface area contributed by atoms with Crippen LogP contribution in [0, 0.1) is 0 Å². The number of benzene rings is 1. The van der Waals surface area contributed by atoms with E-state index in [2.05, 4.69) is 10.3 Å². The number of aromatic nitrogens is 1. The van der Waals surface area contributed by atoms with E-state index < -0.39 is 6.10 Å². The average Bonchev–Trinajstić information content (AvgIpc) is 2.49. The average molecular weight is 272 g/mol. The Balaban J connectivity index is 2.13. The van der Waals surface area contributed by atoms with E-state index in [0.29, 0.717) is 11.6 Å². The zero-order valence-electron chi connectivity index (χ0n) is 11.4. The number of methoxy groups -OCH3 is 2. The van der Waals surface area contributed by atoms with Crippen molar-refractivity contribution in [2.24, 2.45) is 0 Å². The maximum absolute atomic E-state index is 12.2. The quantitative estimate of drug-likeness (QED) is 0.908. The van der Waals surface area contributed by atoms with E-state index in [9.17, 15) is 4.79 Å². The molecule has 0 aliphatic carbocycles. The second-order valence-electron chi connectivity index (χ2n) is 4.10. The molecule has 1 atom stereocenters. The van der Waals surface area contributed by atoms with Gasteiger partial charge in [0.25, 0.3) is 5.91 Å². The number of carbonyl (C=O) groups excluding carboxylic acids is 1. The molecule has 0 spiro atoms. The normalized spacial score (nSPS) is 11.7. The number of anilines is 1. The van der Waals surface area contributed by atoms with Gasteiger partial charge in [-0.25, -0.2) is 4.98 Å². The third kappa shape index (κ3) is 3.33. The summed E-state index contributed by atoms with van der Waals surface area (Å²) in [6, 6.07) is 12.6. The molecule has 5 nitrogen and oxygen atoms in total. The molecule has 0 saturated heterocycles. The molecule has 0 aliphatic heterocycles. The van der Waals surface area contributed by atoms with Crippen LogP contribution in [0.3, 0.4) is 0 Å². The van der Waals surface area contributed by atoms with Gasteiger partial charge in [0.2, 0.25) is 0 Å². The first-order chi connectivity index (χ1) is 9.74. The van der Waals surface area contributed by atoms with Crippen LogP contribution < -0.4 is 10.1 Å². The molecule has 20 heavy (non-hydrogen) atoms. The molecule has 0 aliphatic rings. The van der Waals surface area contributed by atoms with Crippen LogP contribution in [0.5, 0.6) is 5.75 Å². The molecule has 1 amide bonds. The van der Waals surface area contributed by atoms with Gasteiger partial charge in [-0.1, -0.05) is 30.3 Å². The van der Waals surface area contributed by atoms with Crippen LogP contribution in [0.1, 0.15) is 11.7 Å². The first-order valence-corrected chi connectivity index (χ1v) is 6.13. The number of ether oxygens (including phenoxy) is 2. The predicted molar refractivity (Wildman–Crippen MR) is 75.6 cm³/mol. The van der Waals surface area contributed by atoms with Crippen molar-refractivity contribution in [3.05, 3.63) is 54.2 Å². The Hall–Kier alpha value is -2.40. The third-order valence-electron chi connectivity index (χ3n) is 2.79. The van der Waals surface area contributed by atoms with Gasteiger partial charge in [0.15, 0.2) is 6.10 Å². The highest BCUT2D eigenvalue weighted by atomic mass is 16.5. The summed E-state index contributed by atoms with van der Waals surface area (Å²) >= 11 is 0. The molecule has 1 aromatic carbocycles. The third-order valence-corrected chi connectivity index (χ3v) is 2.79. The summed E-state index contributed by atoms with van der Waals surface area (Å²) in [4.78, 5) is 16.3.